The predicted molar refractivity (Wildman–Crippen MR) is 100 cm³/mol. The third kappa shape index (κ3) is 2.07. The van der Waals surface area contributed by atoms with Gasteiger partial charge in [0, 0.05) is 24.5 Å². The van der Waals surface area contributed by atoms with Crippen LogP contribution in [0.15, 0.2) is 48.5 Å². The molecule has 1 N–H and O–H groups in total. The van der Waals surface area contributed by atoms with Crippen molar-refractivity contribution in [2.24, 2.45) is 0 Å². The fourth-order valence-corrected chi connectivity index (χ4v) is 4.68. The zero-order valence-electron chi connectivity index (χ0n) is 14.6. The Hall–Kier alpha value is -2.66. The van der Waals surface area contributed by atoms with Gasteiger partial charge in [-0.15, -0.1) is 0 Å². The molecule has 1 spiro atoms. The van der Waals surface area contributed by atoms with E-state index in [-0.39, 0.29) is 18.4 Å². The first-order valence-electron chi connectivity index (χ1n) is 9.21. The number of nitrogens with zero attached hydrogens (tertiary/aromatic N) is 2. The lowest BCUT2D eigenvalue weighted by Crippen LogP contribution is -2.46. The number of hydrogen-bond acceptors (Lipinski definition) is 3. The molecule has 5 nitrogen and oxygen atoms in total. The number of nitrogens with one attached hydrogen (secondary N) is 1. The van der Waals surface area contributed by atoms with Crippen LogP contribution in [-0.2, 0) is 21.4 Å². The smallest absolute Gasteiger partial charge is 0.247 e. The molecule has 0 aliphatic carbocycles. The van der Waals surface area contributed by atoms with Crippen molar-refractivity contribution in [3.05, 3.63) is 59.7 Å². The van der Waals surface area contributed by atoms with Crippen LogP contribution in [0.2, 0.25) is 0 Å². The van der Waals surface area contributed by atoms with Gasteiger partial charge >= 0.3 is 0 Å². The Kier molecular flexibility index (Phi) is 3.40. The summed E-state index contributed by atoms with van der Waals surface area (Å²) in [5.74, 6) is 0.0469. The van der Waals surface area contributed by atoms with Gasteiger partial charge in [0.05, 0.1) is 5.41 Å². The van der Waals surface area contributed by atoms with Gasteiger partial charge in [-0.05, 0) is 42.6 Å². The van der Waals surface area contributed by atoms with Crippen LogP contribution in [0.1, 0.15) is 17.5 Å². The van der Waals surface area contributed by atoms with Crippen molar-refractivity contribution in [1.82, 2.24) is 5.32 Å². The first kappa shape index (κ1) is 15.6. The second-order valence-electron chi connectivity index (χ2n) is 7.34. The zero-order chi connectivity index (χ0) is 17.7. The van der Waals surface area contributed by atoms with Crippen LogP contribution in [0.5, 0.6) is 0 Å². The van der Waals surface area contributed by atoms with E-state index < -0.39 is 5.41 Å². The lowest BCUT2D eigenvalue weighted by molar-refractivity contribution is -0.125. The molecule has 0 aromatic heterocycles. The van der Waals surface area contributed by atoms with Crippen LogP contribution >= 0.6 is 0 Å². The number of fused-ring (bicyclic) bond motifs is 3. The van der Waals surface area contributed by atoms with Crippen LogP contribution in [-0.4, -0.2) is 38.0 Å². The van der Waals surface area contributed by atoms with Crippen LogP contribution in [0.4, 0.5) is 11.4 Å². The summed E-state index contributed by atoms with van der Waals surface area (Å²) in [4.78, 5) is 29.9. The monoisotopic (exact) mass is 347 g/mol. The van der Waals surface area contributed by atoms with Gasteiger partial charge in [0.25, 0.3) is 0 Å². The van der Waals surface area contributed by atoms with Crippen LogP contribution < -0.4 is 15.1 Å². The molecule has 26 heavy (non-hydrogen) atoms. The SMILES string of the molecule is O=C(CN1C(=O)C2(CCNC2)c2ccccc21)N1CCc2ccccc21. The number of carbonyl (C=O) groups is 2. The molecule has 3 heterocycles. The summed E-state index contributed by atoms with van der Waals surface area (Å²) in [6, 6.07) is 15.9. The molecule has 1 atom stereocenters. The Balaban J connectivity index is 1.46. The molecule has 3 aliphatic rings. The summed E-state index contributed by atoms with van der Waals surface area (Å²) in [5, 5.41) is 3.33. The van der Waals surface area contributed by atoms with E-state index in [1.165, 1.54) is 5.56 Å². The third-order valence-electron chi connectivity index (χ3n) is 6.00. The summed E-state index contributed by atoms with van der Waals surface area (Å²) < 4.78 is 0. The second-order valence-corrected chi connectivity index (χ2v) is 7.34. The Morgan fingerprint density at radius 3 is 2.65 bits per heavy atom. The lowest BCUT2D eigenvalue weighted by Gasteiger charge is -2.25. The van der Waals surface area contributed by atoms with Crippen molar-refractivity contribution < 1.29 is 9.59 Å². The van der Waals surface area contributed by atoms with E-state index in [2.05, 4.69) is 11.4 Å². The average Bonchev–Trinajstić information content (AvgIpc) is 3.37. The molecule has 5 rings (SSSR count). The van der Waals surface area contributed by atoms with Crippen molar-refractivity contribution in [3.8, 4) is 0 Å². The zero-order valence-corrected chi connectivity index (χ0v) is 14.6. The van der Waals surface area contributed by atoms with E-state index in [0.29, 0.717) is 13.1 Å². The highest BCUT2D eigenvalue weighted by Gasteiger charge is 2.52. The van der Waals surface area contributed by atoms with Crippen molar-refractivity contribution in [2.45, 2.75) is 18.3 Å². The normalized spacial score (nSPS) is 23.6. The van der Waals surface area contributed by atoms with E-state index in [0.717, 1.165) is 36.3 Å². The number of anilines is 2. The minimum absolute atomic E-state index is 0.0129. The lowest BCUT2D eigenvalue weighted by atomic mass is 9.81. The standard InChI is InChI=1S/C21H21N3O2/c25-19(23-12-9-15-5-1-3-7-17(15)23)13-24-18-8-4-2-6-16(18)21(20(24)26)10-11-22-14-21/h1-8,22H,9-14H2. The largest absolute Gasteiger partial charge is 0.315 e. The van der Waals surface area contributed by atoms with Gasteiger partial charge < -0.3 is 15.1 Å². The molecular weight excluding hydrogens is 326 g/mol. The molecule has 5 heteroatoms. The molecule has 0 bridgehead atoms. The number of rotatable bonds is 2. The molecule has 2 aromatic rings. The molecule has 1 fully saturated rings. The van der Waals surface area contributed by atoms with Gasteiger partial charge in [0.15, 0.2) is 0 Å². The highest BCUT2D eigenvalue weighted by Crippen LogP contribution is 2.45. The van der Waals surface area contributed by atoms with Crippen molar-refractivity contribution >= 4 is 23.2 Å². The maximum Gasteiger partial charge on any atom is 0.247 e. The molecule has 0 saturated carbocycles. The van der Waals surface area contributed by atoms with Crippen molar-refractivity contribution in [2.75, 3.05) is 36.0 Å². The van der Waals surface area contributed by atoms with E-state index >= 15 is 0 Å². The molecule has 2 aromatic carbocycles. The van der Waals surface area contributed by atoms with Gasteiger partial charge in [0.1, 0.15) is 6.54 Å². The Labute approximate surface area is 152 Å². The molecule has 2 amide bonds. The van der Waals surface area contributed by atoms with Crippen LogP contribution in [0, 0.1) is 0 Å². The number of para-hydroxylation sites is 2. The fourth-order valence-electron chi connectivity index (χ4n) is 4.68. The molecular formula is C21H21N3O2. The first-order valence-corrected chi connectivity index (χ1v) is 9.21. The summed E-state index contributed by atoms with van der Waals surface area (Å²) in [5.41, 5.74) is 3.63. The third-order valence-corrected chi connectivity index (χ3v) is 6.00. The van der Waals surface area contributed by atoms with Gasteiger partial charge in [-0.1, -0.05) is 36.4 Å². The number of hydrogen-bond donors (Lipinski definition) is 1. The predicted octanol–water partition coefficient (Wildman–Crippen LogP) is 1.85. The number of carbonyl (C=O) groups excluding carboxylic acids is 2. The Bertz CT molecular complexity index is 902. The van der Waals surface area contributed by atoms with Crippen molar-refractivity contribution in [1.29, 1.82) is 0 Å². The molecule has 3 aliphatic heterocycles. The fraction of sp³-hybridized carbons (Fsp3) is 0.333. The van der Waals surface area contributed by atoms with Gasteiger partial charge in [-0.2, -0.15) is 0 Å². The van der Waals surface area contributed by atoms with Crippen molar-refractivity contribution in [3.63, 3.8) is 0 Å². The molecule has 0 radical (unpaired) electrons. The highest BCUT2D eigenvalue weighted by atomic mass is 16.2. The van der Waals surface area contributed by atoms with E-state index in [1.54, 1.807) is 4.90 Å². The summed E-state index contributed by atoms with van der Waals surface area (Å²) >= 11 is 0. The topological polar surface area (TPSA) is 52.7 Å². The summed E-state index contributed by atoms with van der Waals surface area (Å²) in [6.07, 6.45) is 1.67. The first-order chi connectivity index (χ1) is 12.7. The second kappa shape index (κ2) is 5.68. The van der Waals surface area contributed by atoms with E-state index in [1.807, 2.05) is 47.4 Å². The Morgan fingerprint density at radius 1 is 1.08 bits per heavy atom. The van der Waals surface area contributed by atoms with Crippen LogP contribution in [0.3, 0.4) is 0 Å². The number of benzene rings is 2. The molecule has 1 unspecified atom stereocenters. The molecule has 1 saturated heterocycles. The summed E-state index contributed by atoms with van der Waals surface area (Å²) in [6.45, 7) is 2.28. The van der Waals surface area contributed by atoms with Gasteiger partial charge in [-0.25, -0.2) is 0 Å². The van der Waals surface area contributed by atoms with Gasteiger partial charge in [0.2, 0.25) is 11.8 Å². The maximum absolute atomic E-state index is 13.3. The average molecular weight is 347 g/mol. The van der Waals surface area contributed by atoms with E-state index in [9.17, 15) is 9.59 Å². The summed E-state index contributed by atoms with van der Waals surface area (Å²) in [7, 11) is 0. The highest BCUT2D eigenvalue weighted by molar-refractivity contribution is 6.12. The minimum atomic E-state index is -0.500. The quantitative estimate of drug-likeness (QED) is 0.902. The van der Waals surface area contributed by atoms with Gasteiger partial charge in [-0.3, -0.25) is 9.59 Å². The minimum Gasteiger partial charge on any atom is -0.315 e. The van der Waals surface area contributed by atoms with Crippen LogP contribution in [0.25, 0.3) is 0 Å². The molecule has 132 valence electrons. The number of amides is 2. The Morgan fingerprint density at radius 2 is 1.85 bits per heavy atom. The maximum atomic E-state index is 13.3. The van der Waals surface area contributed by atoms with E-state index in [4.69, 9.17) is 0 Å².